The molecule has 6 heteroatoms. The van der Waals surface area contributed by atoms with Gasteiger partial charge in [-0.2, -0.15) is 0 Å². The zero-order valence-corrected chi connectivity index (χ0v) is 14.7. The van der Waals surface area contributed by atoms with Crippen LogP contribution in [0.4, 0.5) is 10.1 Å². The van der Waals surface area contributed by atoms with Crippen molar-refractivity contribution in [2.24, 2.45) is 4.99 Å². The Kier molecular flexibility index (Phi) is 5.69. The number of halogens is 1. The van der Waals surface area contributed by atoms with Crippen molar-refractivity contribution in [3.8, 4) is 0 Å². The van der Waals surface area contributed by atoms with E-state index >= 15 is 0 Å². The zero-order valence-electron chi connectivity index (χ0n) is 13.9. The summed E-state index contributed by atoms with van der Waals surface area (Å²) in [5.74, 6) is 0.782. The normalized spacial score (nSPS) is 15.7. The molecular weight excluding hydrogens is 323 g/mol. The average Bonchev–Trinajstić information content (AvgIpc) is 3.13. The Bertz CT molecular complexity index is 663. The number of nitrogens with one attached hydrogen (secondary N) is 1. The molecule has 0 spiro atoms. The van der Waals surface area contributed by atoms with Gasteiger partial charge in [0.2, 0.25) is 0 Å². The van der Waals surface area contributed by atoms with Crippen LogP contribution in [0.2, 0.25) is 0 Å². The van der Waals surface area contributed by atoms with Crippen LogP contribution in [0.1, 0.15) is 4.88 Å². The minimum absolute atomic E-state index is 0.149. The van der Waals surface area contributed by atoms with Gasteiger partial charge in [-0.05, 0) is 30.0 Å². The molecule has 0 unspecified atom stereocenters. The lowest BCUT2D eigenvalue weighted by atomic mass is 10.2. The molecule has 2 heterocycles. The first kappa shape index (κ1) is 16.8. The van der Waals surface area contributed by atoms with Crippen LogP contribution in [0.25, 0.3) is 0 Å². The lowest BCUT2D eigenvalue weighted by Crippen LogP contribution is -2.53. The third-order valence-corrected chi connectivity index (χ3v) is 5.15. The first-order valence-electron chi connectivity index (χ1n) is 8.25. The van der Waals surface area contributed by atoms with Crippen molar-refractivity contribution in [1.29, 1.82) is 0 Å². The van der Waals surface area contributed by atoms with Crippen LogP contribution >= 0.6 is 11.3 Å². The fourth-order valence-electron chi connectivity index (χ4n) is 2.95. The summed E-state index contributed by atoms with van der Waals surface area (Å²) >= 11 is 1.78. The molecule has 1 saturated heterocycles. The molecule has 1 aromatic carbocycles. The van der Waals surface area contributed by atoms with E-state index in [1.165, 1.54) is 10.9 Å². The van der Waals surface area contributed by atoms with E-state index in [0.717, 1.165) is 45.1 Å². The van der Waals surface area contributed by atoms with Crippen molar-refractivity contribution >= 4 is 23.0 Å². The fraction of sp³-hybridized carbons (Fsp3) is 0.389. The second-order valence-corrected chi connectivity index (χ2v) is 6.76. The molecule has 24 heavy (non-hydrogen) atoms. The molecular formula is C18H23FN4S. The summed E-state index contributed by atoms with van der Waals surface area (Å²) in [5, 5.41) is 5.54. The standard InChI is InChI=1S/C18H23FN4S/c1-20-18(21-9-8-15-5-4-14-24-15)23-12-10-22(11-13-23)17-7-3-2-6-16(17)19/h2-7,14H,8-13H2,1H3,(H,20,21). The number of aliphatic imine (C=N–C) groups is 1. The van der Waals surface area contributed by atoms with E-state index in [2.05, 4.69) is 37.6 Å². The minimum atomic E-state index is -0.149. The Morgan fingerprint density at radius 2 is 1.96 bits per heavy atom. The number of guanidine groups is 1. The Hall–Kier alpha value is -2.08. The van der Waals surface area contributed by atoms with Gasteiger partial charge in [0.05, 0.1) is 5.69 Å². The van der Waals surface area contributed by atoms with Gasteiger partial charge in [0.1, 0.15) is 5.82 Å². The van der Waals surface area contributed by atoms with Crippen molar-refractivity contribution in [1.82, 2.24) is 10.2 Å². The van der Waals surface area contributed by atoms with E-state index in [0.29, 0.717) is 5.69 Å². The third kappa shape index (κ3) is 4.06. The molecule has 2 aromatic rings. The van der Waals surface area contributed by atoms with Crippen LogP contribution in [0.3, 0.4) is 0 Å². The summed E-state index contributed by atoms with van der Waals surface area (Å²) in [6.07, 6.45) is 1.01. The highest BCUT2D eigenvalue weighted by atomic mass is 32.1. The number of thiophene rings is 1. The highest BCUT2D eigenvalue weighted by Crippen LogP contribution is 2.20. The van der Waals surface area contributed by atoms with Crippen LogP contribution in [0.15, 0.2) is 46.8 Å². The molecule has 0 saturated carbocycles. The van der Waals surface area contributed by atoms with Crippen LogP contribution in [0, 0.1) is 5.82 Å². The van der Waals surface area contributed by atoms with Crippen LogP contribution < -0.4 is 10.2 Å². The summed E-state index contributed by atoms with van der Waals surface area (Å²) in [4.78, 5) is 10.1. The Morgan fingerprint density at radius 3 is 2.62 bits per heavy atom. The number of piperazine rings is 1. The Balaban J connectivity index is 1.50. The summed E-state index contributed by atoms with van der Waals surface area (Å²) in [6.45, 7) is 4.15. The topological polar surface area (TPSA) is 30.9 Å². The van der Waals surface area contributed by atoms with E-state index in [-0.39, 0.29) is 5.82 Å². The molecule has 3 rings (SSSR count). The summed E-state index contributed by atoms with van der Waals surface area (Å²) in [7, 11) is 1.82. The van der Waals surface area contributed by atoms with Gasteiger partial charge in [0.25, 0.3) is 0 Å². The number of anilines is 1. The first-order chi connectivity index (χ1) is 11.8. The zero-order chi connectivity index (χ0) is 16.8. The number of rotatable bonds is 4. The van der Waals surface area contributed by atoms with E-state index in [1.807, 2.05) is 19.2 Å². The van der Waals surface area contributed by atoms with Crippen LogP contribution in [0.5, 0.6) is 0 Å². The highest BCUT2D eigenvalue weighted by Gasteiger charge is 2.21. The van der Waals surface area contributed by atoms with E-state index < -0.39 is 0 Å². The number of hydrogen-bond donors (Lipinski definition) is 1. The molecule has 1 fully saturated rings. The van der Waals surface area contributed by atoms with Crippen molar-refractivity contribution < 1.29 is 4.39 Å². The van der Waals surface area contributed by atoms with Gasteiger partial charge in [-0.25, -0.2) is 4.39 Å². The summed E-state index contributed by atoms with van der Waals surface area (Å²) < 4.78 is 13.9. The van der Waals surface area contributed by atoms with Crippen molar-refractivity contribution in [3.05, 3.63) is 52.5 Å². The lowest BCUT2D eigenvalue weighted by molar-refractivity contribution is 0.371. The Morgan fingerprint density at radius 1 is 1.17 bits per heavy atom. The molecule has 4 nitrogen and oxygen atoms in total. The number of hydrogen-bond acceptors (Lipinski definition) is 3. The van der Waals surface area contributed by atoms with Gasteiger partial charge in [0.15, 0.2) is 5.96 Å². The van der Waals surface area contributed by atoms with E-state index in [4.69, 9.17) is 0 Å². The summed E-state index contributed by atoms with van der Waals surface area (Å²) in [5.41, 5.74) is 0.692. The molecule has 0 aliphatic carbocycles. The van der Waals surface area contributed by atoms with E-state index in [1.54, 1.807) is 17.4 Å². The van der Waals surface area contributed by atoms with Crippen LogP contribution in [-0.2, 0) is 6.42 Å². The first-order valence-corrected chi connectivity index (χ1v) is 9.13. The molecule has 1 aromatic heterocycles. The number of para-hydroxylation sites is 1. The third-order valence-electron chi connectivity index (χ3n) is 4.22. The molecule has 1 aliphatic rings. The van der Waals surface area contributed by atoms with Crippen molar-refractivity contribution in [2.75, 3.05) is 44.7 Å². The van der Waals surface area contributed by atoms with Crippen molar-refractivity contribution in [2.45, 2.75) is 6.42 Å². The molecule has 0 bridgehead atoms. The molecule has 128 valence electrons. The highest BCUT2D eigenvalue weighted by molar-refractivity contribution is 7.09. The molecule has 1 aliphatic heterocycles. The Labute approximate surface area is 146 Å². The van der Waals surface area contributed by atoms with Gasteiger partial charge in [-0.15, -0.1) is 11.3 Å². The van der Waals surface area contributed by atoms with Crippen LogP contribution in [-0.4, -0.2) is 50.6 Å². The monoisotopic (exact) mass is 346 g/mol. The van der Waals surface area contributed by atoms with Gasteiger partial charge in [-0.1, -0.05) is 18.2 Å². The smallest absolute Gasteiger partial charge is 0.193 e. The maximum absolute atomic E-state index is 13.9. The maximum atomic E-state index is 13.9. The van der Waals surface area contributed by atoms with E-state index in [9.17, 15) is 4.39 Å². The quantitative estimate of drug-likeness (QED) is 0.682. The average molecular weight is 346 g/mol. The second kappa shape index (κ2) is 8.15. The fourth-order valence-corrected chi connectivity index (χ4v) is 3.66. The SMILES string of the molecule is CN=C(NCCc1cccs1)N1CCN(c2ccccc2F)CC1. The predicted molar refractivity (Wildman–Crippen MR) is 99.6 cm³/mol. The lowest BCUT2D eigenvalue weighted by Gasteiger charge is -2.37. The van der Waals surface area contributed by atoms with Gasteiger partial charge >= 0.3 is 0 Å². The van der Waals surface area contributed by atoms with Gasteiger partial charge in [-0.3, -0.25) is 4.99 Å². The molecule has 0 atom stereocenters. The minimum Gasteiger partial charge on any atom is -0.366 e. The molecule has 0 amide bonds. The maximum Gasteiger partial charge on any atom is 0.193 e. The van der Waals surface area contributed by atoms with Crippen molar-refractivity contribution in [3.63, 3.8) is 0 Å². The molecule has 1 N–H and O–H groups in total. The second-order valence-electron chi connectivity index (χ2n) is 5.73. The van der Waals surface area contributed by atoms with Gasteiger partial charge < -0.3 is 15.1 Å². The largest absolute Gasteiger partial charge is 0.366 e. The number of nitrogens with zero attached hydrogens (tertiary/aromatic N) is 3. The number of benzene rings is 1. The predicted octanol–water partition coefficient (Wildman–Crippen LogP) is 2.83. The molecule has 0 radical (unpaired) electrons. The summed E-state index contributed by atoms with van der Waals surface area (Å²) in [6, 6.07) is 11.2. The van der Waals surface area contributed by atoms with Gasteiger partial charge in [0, 0.05) is 44.6 Å².